The van der Waals surface area contributed by atoms with Gasteiger partial charge < -0.3 is 0 Å². The average Bonchev–Trinajstić information content (AvgIpc) is 2.78. The average molecular weight is 288 g/mol. The van der Waals surface area contributed by atoms with Crippen LogP contribution >= 0.6 is 12.4 Å². The summed E-state index contributed by atoms with van der Waals surface area (Å²) in [6.45, 7) is 2.35. The molecule has 2 aliphatic rings. The summed E-state index contributed by atoms with van der Waals surface area (Å²) in [6, 6.07) is 11.0. The van der Waals surface area contributed by atoms with Crippen molar-refractivity contribution in [1.82, 2.24) is 4.90 Å². The molecular formula is C11H13ClN2Se. The Morgan fingerprint density at radius 1 is 1.27 bits per heavy atom. The van der Waals surface area contributed by atoms with E-state index in [1.807, 2.05) is 0 Å². The summed E-state index contributed by atoms with van der Waals surface area (Å²) in [7, 11) is 0. The van der Waals surface area contributed by atoms with Gasteiger partial charge in [0.2, 0.25) is 0 Å². The van der Waals surface area contributed by atoms with Crippen LogP contribution in [0.3, 0.4) is 0 Å². The van der Waals surface area contributed by atoms with Crippen LogP contribution in [0.4, 0.5) is 0 Å². The second-order valence-corrected chi connectivity index (χ2v) is 5.86. The molecule has 0 bridgehead atoms. The molecule has 1 aromatic rings. The Kier molecular flexibility index (Phi) is 3.35. The summed E-state index contributed by atoms with van der Waals surface area (Å²) < 4.78 is 1.39. The van der Waals surface area contributed by atoms with Crippen LogP contribution in [-0.2, 0) is 0 Å². The van der Waals surface area contributed by atoms with Crippen molar-refractivity contribution in [3.8, 4) is 0 Å². The van der Waals surface area contributed by atoms with Crippen molar-refractivity contribution in [3.05, 3.63) is 35.9 Å². The standard InChI is InChI=1S/C11H12N2Se.ClH/c1-2-4-9(5-3-1)10-8-13-6-7-14-11(13)12-10;/h1-5,10H,6-8H2;1H/t10-;/m0./s1. The predicted octanol–water partition coefficient (Wildman–Crippen LogP) is 1.96. The first kappa shape index (κ1) is 11.0. The van der Waals surface area contributed by atoms with E-state index in [-0.39, 0.29) is 12.4 Å². The molecule has 1 atom stereocenters. The topological polar surface area (TPSA) is 15.6 Å². The normalized spacial score (nSPS) is 23.3. The van der Waals surface area contributed by atoms with Crippen LogP contribution in [0.5, 0.6) is 0 Å². The molecule has 0 amide bonds. The fourth-order valence-corrected chi connectivity index (χ4v) is 4.15. The quantitative estimate of drug-likeness (QED) is 0.721. The first-order valence-corrected chi connectivity index (χ1v) is 7.01. The van der Waals surface area contributed by atoms with Crippen molar-refractivity contribution in [3.63, 3.8) is 0 Å². The van der Waals surface area contributed by atoms with Gasteiger partial charge in [0.25, 0.3) is 0 Å². The van der Waals surface area contributed by atoms with Crippen molar-refractivity contribution < 1.29 is 0 Å². The summed E-state index contributed by atoms with van der Waals surface area (Å²) in [4.78, 5) is 7.25. The minimum atomic E-state index is 0. The molecule has 0 saturated carbocycles. The van der Waals surface area contributed by atoms with Gasteiger partial charge in [-0.3, -0.25) is 0 Å². The van der Waals surface area contributed by atoms with E-state index in [9.17, 15) is 0 Å². The van der Waals surface area contributed by atoms with Crippen molar-refractivity contribution in [2.75, 3.05) is 13.1 Å². The Hall–Kier alpha value is -0.501. The van der Waals surface area contributed by atoms with E-state index in [2.05, 4.69) is 35.2 Å². The van der Waals surface area contributed by atoms with Crippen molar-refractivity contribution >= 4 is 32.1 Å². The number of rotatable bonds is 1. The van der Waals surface area contributed by atoms with Gasteiger partial charge in [0.1, 0.15) is 0 Å². The zero-order valence-corrected chi connectivity index (χ0v) is 10.8. The zero-order chi connectivity index (χ0) is 9.38. The fraction of sp³-hybridized carbons (Fsp3) is 0.364. The van der Waals surface area contributed by atoms with E-state index < -0.39 is 0 Å². The summed E-state index contributed by atoms with van der Waals surface area (Å²) in [5.41, 5.74) is 1.37. The summed E-state index contributed by atoms with van der Waals surface area (Å²) >= 11 is 0.656. The summed E-state index contributed by atoms with van der Waals surface area (Å²) in [6.07, 6.45) is 0. The van der Waals surface area contributed by atoms with E-state index in [1.54, 1.807) is 0 Å². The first-order chi connectivity index (χ1) is 6.93. The molecule has 1 saturated heterocycles. The molecule has 0 aliphatic carbocycles. The number of hydrogen-bond donors (Lipinski definition) is 0. The Bertz CT molecular complexity index is 366. The molecule has 0 unspecified atom stereocenters. The number of hydrogen-bond acceptors (Lipinski definition) is 2. The maximum absolute atomic E-state index is 4.79. The van der Waals surface area contributed by atoms with Gasteiger partial charge in [0, 0.05) is 0 Å². The molecule has 4 heteroatoms. The van der Waals surface area contributed by atoms with Crippen LogP contribution in [0.1, 0.15) is 11.6 Å². The van der Waals surface area contributed by atoms with Gasteiger partial charge in [-0.15, -0.1) is 12.4 Å². The SMILES string of the molecule is Cl.c1ccc([C@@H]2CN3CC[Se]C3=N2)cc1. The van der Waals surface area contributed by atoms with Gasteiger partial charge in [-0.2, -0.15) is 0 Å². The van der Waals surface area contributed by atoms with Gasteiger partial charge in [-0.1, -0.05) is 0 Å². The molecule has 1 aromatic carbocycles. The Balaban J connectivity index is 0.000000853. The third-order valence-corrected chi connectivity index (χ3v) is 4.82. The van der Waals surface area contributed by atoms with E-state index in [0.29, 0.717) is 21.0 Å². The second kappa shape index (κ2) is 4.56. The maximum atomic E-state index is 4.79. The number of halogens is 1. The van der Waals surface area contributed by atoms with E-state index >= 15 is 0 Å². The molecule has 3 rings (SSSR count). The van der Waals surface area contributed by atoms with Gasteiger partial charge in [-0.05, 0) is 0 Å². The van der Waals surface area contributed by atoms with Gasteiger partial charge in [-0.25, -0.2) is 0 Å². The monoisotopic (exact) mass is 288 g/mol. The number of amidine groups is 1. The van der Waals surface area contributed by atoms with Crippen LogP contribution in [0.2, 0.25) is 5.32 Å². The van der Waals surface area contributed by atoms with Gasteiger partial charge in [0.15, 0.2) is 0 Å². The van der Waals surface area contributed by atoms with Crippen LogP contribution < -0.4 is 0 Å². The third-order valence-electron chi connectivity index (χ3n) is 2.71. The molecular weight excluding hydrogens is 275 g/mol. The number of aliphatic imine (C=N–C) groups is 1. The van der Waals surface area contributed by atoms with E-state index in [1.165, 1.54) is 22.2 Å². The molecule has 0 N–H and O–H groups in total. The number of nitrogens with zero attached hydrogens (tertiary/aromatic N) is 2. The van der Waals surface area contributed by atoms with Gasteiger partial charge in [0.05, 0.1) is 0 Å². The first-order valence-electron chi connectivity index (χ1n) is 4.94. The second-order valence-electron chi connectivity index (χ2n) is 3.63. The fourth-order valence-electron chi connectivity index (χ4n) is 1.96. The van der Waals surface area contributed by atoms with Gasteiger partial charge >= 0.3 is 89.9 Å². The minimum absolute atomic E-state index is 0. The molecule has 0 aromatic heterocycles. The molecule has 80 valence electrons. The van der Waals surface area contributed by atoms with Crippen molar-refractivity contribution in [1.29, 1.82) is 0 Å². The predicted molar refractivity (Wildman–Crippen MR) is 66.0 cm³/mol. The summed E-state index contributed by atoms with van der Waals surface area (Å²) in [5.74, 6) is 0. The third kappa shape index (κ3) is 2.05. The Morgan fingerprint density at radius 3 is 2.80 bits per heavy atom. The number of benzene rings is 1. The van der Waals surface area contributed by atoms with Crippen LogP contribution in [0.15, 0.2) is 35.3 Å². The molecule has 0 radical (unpaired) electrons. The molecule has 2 heterocycles. The molecule has 1 fully saturated rings. The number of fused-ring (bicyclic) bond motifs is 1. The Morgan fingerprint density at radius 2 is 2.07 bits per heavy atom. The molecule has 0 spiro atoms. The van der Waals surface area contributed by atoms with E-state index in [4.69, 9.17) is 4.99 Å². The molecule has 2 nitrogen and oxygen atoms in total. The molecule has 15 heavy (non-hydrogen) atoms. The molecule has 2 aliphatic heterocycles. The van der Waals surface area contributed by atoms with Crippen molar-refractivity contribution in [2.24, 2.45) is 4.99 Å². The van der Waals surface area contributed by atoms with Crippen LogP contribution in [-0.4, -0.2) is 37.7 Å². The Labute approximate surface area is 102 Å². The van der Waals surface area contributed by atoms with Crippen molar-refractivity contribution in [2.45, 2.75) is 11.4 Å². The van der Waals surface area contributed by atoms with Crippen LogP contribution in [0, 0.1) is 0 Å². The van der Waals surface area contributed by atoms with E-state index in [0.717, 1.165) is 6.54 Å². The van der Waals surface area contributed by atoms with Crippen LogP contribution in [0.25, 0.3) is 0 Å². The zero-order valence-electron chi connectivity index (χ0n) is 8.30. The summed E-state index contributed by atoms with van der Waals surface area (Å²) in [5, 5.41) is 1.35.